The summed E-state index contributed by atoms with van der Waals surface area (Å²) in [6, 6.07) is 0.286. The molecular weight excluding hydrogens is 398 g/mol. The lowest BCUT2D eigenvalue weighted by atomic mass is 9.58. The molecule has 0 amide bonds. The summed E-state index contributed by atoms with van der Waals surface area (Å²) in [5.74, 6) is 0.750. The van der Waals surface area contributed by atoms with E-state index >= 15 is 0 Å². The third-order valence-electron chi connectivity index (χ3n) is 6.56. The zero-order chi connectivity index (χ0) is 19.6. The molecule has 0 unspecified atom stereocenters. The summed E-state index contributed by atoms with van der Waals surface area (Å²) in [5.41, 5.74) is 0.770. The van der Waals surface area contributed by atoms with Gasteiger partial charge in [0.2, 0.25) is 0 Å². The highest BCUT2D eigenvalue weighted by Gasteiger charge is 2.43. The van der Waals surface area contributed by atoms with E-state index in [0.717, 1.165) is 6.42 Å². The number of carboxylic acids is 1. The molecule has 1 aliphatic rings. The molecule has 0 radical (unpaired) electrons. The number of hydrogen-bond acceptors (Lipinski definition) is 4. The highest BCUT2D eigenvalue weighted by molar-refractivity contribution is 9.10. The van der Waals surface area contributed by atoms with Gasteiger partial charge in [0.1, 0.15) is 4.47 Å². The van der Waals surface area contributed by atoms with Crippen molar-refractivity contribution in [2.75, 3.05) is 5.32 Å². The van der Waals surface area contributed by atoms with Crippen molar-refractivity contribution in [1.82, 2.24) is 9.78 Å². The van der Waals surface area contributed by atoms with E-state index < -0.39 is 5.97 Å². The molecule has 1 heterocycles. The topological polar surface area (TPSA) is 84.2 Å². The maximum atomic E-state index is 12.5. The molecule has 7 heteroatoms. The van der Waals surface area contributed by atoms with E-state index in [9.17, 15) is 9.59 Å². The summed E-state index contributed by atoms with van der Waals surface area (Å²) >= 11 is 3.40. The number of aliphatic carboxylic acids is 1. The summed E-state index contributed by atoms with van der Waals surface area (Å²) < 4.78 is 1.77. The maximum Gasteiger partial charge on any atom is 0.303 e. The Kier molecular flexibility index (Phi) is 6.53. The van der Waals surface area contributed by atoms with Gasteiger partial charge in [0.25, 0.3) is 5.56 Å². The van der Waals surface area contributed by atoms with E-state index in [1.54, 1.807) is 6.20 Å². The first-order chi connectivity index (χ1) is 12.1. The smallest absolute Gasteiger partial charge is 0.303 e. The number of nitrogens with zero attached hydrogens (tertiary/aromatic N) is 2. The van der Waals surface area contributed by atoms with Gasteiger partial charge in [-0.15, -0.1) is 0 Å². The van der Waals surface area contributed by atoms with Crippen molar-refractivity contribution in [2.45, 2.75) is 66.5 Å². The van der Waals surface area contributed by atoms with Crippen LogP contribution >= 0.6 is 15.9 Å². The molecule has 0 aliphatic heterocycles. The van der Waals surface area contributed by atoms with Crippen LogP contribution in [0.15, 0.2) is 15.5 Å². The van der Waals surface area contributed by atoms with Crippen LogP contribution in [0, 0.1) is 23.2 Å². The zero-order valence-corrected chi connectivity index (χ0v) is 17.8. The molecule has 0 saturated heterocycles. The molecule has 2 N–H and O–H groups in total. The van der Waals surface area contributed by atoms with Crippen LogP contribution < -0.4 is 10.9 Å². The first-order valence-corrected chi connectivity index (χ1v) is 10.1. The third kappa shape index (κ3) is 4.30. The molecule has 6 nitrogen and oxygen atoms in total. The minimum atomic E-state index is -0.868. The lowest BCUT2D eigenvalue weighted by Crippen LogP contribution is -2.48. The minimum absolute atomic E-state index is 0.0247. The number of hydrogen-bond donors (Lipinski definition) is 2. The van der Waals surface area contributed by atoms with Crippen molar-refractivity contribution in [3.05, 3.63) is 21.0 Å². The summed E-state index contributed by atoms with van der Waals surface area (Å²) in [6.45, 7) is 11.8. The third-order valence-corrected chi connectivity index (χ3v) is 7.33. The second-order valence-electron chi connectivity index (χ2n) is 8.25. The van der Waals surface area contributed by atoms with Crippen molar-refractivity contribution in [3.63, 3.8) is 0 Å². The van der Waals surface area contributed by atoms with Crippen LogP contribution in [0.3, 0.4) is 0 Å². The van der Waals surface area contributed by atoms with Crippen LogP contribution in [0.5, 0.6) is 0 Å². The number of halogens is 1. The SMILES string of the molecule is C[C@@H]1[C@@H](C)C(C)(C)[C@@H](C)C[C@H]1Nc1cnn(CCCC(=O)O)c(=O)c1Br. The van der Waals surface area contributed by atoms with E-state index in [2.05, 4.69) is 61.0 Å². The number of nitrogens with one attached hydrogen (secondary N) is 1. The van der Waals surface area contributed by atoms with Gasteiger partial charge >= 0.3 is 5.97 Å². The minimum Gasteiger partial charge on any atom is -0.481 e. The normalized spacial score (nSPS) is 27.9. The number of carbonyl (C=O) groups is 1. The largest absolute Gasteiger partial charge is 0.481 e. The van der Waals surface area contributed by atoms with Gasteiger partial charge in [0.05, 0.1) is 11.9 Å². The van der Waals surface area contributed by atoms with Crippen LogP contribution in [0.1, 0.15) is 53.9 Å². The second kappa shape index (κ2) is 8.11. The van der Waals surface area contributed by atoms with Gasteiger partial charge in [-0.05, 0) is 51.9 Å². The Morgan fingerprint density at radius 3 is 2.69 bits per heavy atom. The Morgan fingerprint density at radius 1 is 1.42 bits per heavy atom. The molecule has 4 atom stereocenters. The highest BCUT2D eigenvalue weighted by Crippen LogP contribution is 2.48. The van der Waals surface area contributed by atoms with E-state index in [1.165, 1.54) is 4.68 Å². The second-order valence-corrected chi connectivity index (χ2v) is 9.05. The fourth-order valence-electron chi connectivity index (χ4n) is 3.87. The Balaban J connectivity index is 2.14. The first-order valence-electron chi connectivity index (χ1n) is 9.29. The fraction of sp³-hybridized carbons (Fsp3) is 0.737. The van der Waals surface area contributed by atoms with Crippen LogP contribution in [-0.2, 0) is 11.3 Å². The Labute approximate surface area is 163 Å². The molecule has 0 spiro atoms. The van der Waals surface area contributed by atoms with Gasteiger partial charge in [-0.2, -0.15) is 5.10 Å². The van der Waals surface area contributed by atoms with E-state index in [-0.39, 0.29) is 18.0 Å². The average Bonchev–Trinajstić information content (AvgIpc) is 2.57. The maximum absolute atomic E-state index is 12.5. The molecule has 1 aromatic heterocycles. The van der Waals surface area contributed by atoms with Crippen LogP contribution in [0.4, 0.5) is 5.69 Å². The van der Waals surface area contributed by atoms with Crippen LogP contribution in [0.2, 0.25) is 0 Å². The molecule has 1 fully saturated rings. The van der Waals surface area contributed by atoms with Gasteiger partial charge < -0.3 is 10.4 Å². The van der Waals surface area contributed by atoms with Gasteiger partial charge in [-0.1, -0.05) is 34.6 Å². The number of anilines is 1. The van der Waals surface area contributed by atoms with Crippen LogP contribution in [0.25, 0.3) is 0 Å². The first kappa shape index (κ1) is 20.9. The Hall–Kier alpha value is -1.37. The predicted octanol–water partition coefficient (Wildman–Crippen LogP) is 3.99. The molecule has 1 saturated carbocycles. The summed E-state index contributed by atoms with van der Waals surface area (Å²) in [6.07, 6.45) is 3.11. The van der Waals surface area contributed by atoms with Crippen molar-refractivity contribution >= 4 is 27.6 Å². The van der Waals surface area contributed by atoms with E-state index in [4.69, 9.17) is 5.11 Å². The lowest BCUT2D eigenvalue weighted by molar-refractivity contribution is -0.137. The molecule has 2 rings (SSSR count). The van der Waals surface area contributed by atoms with E-state index in [1.807, 2.05) is 0 Å². The molecule has 0 aromatic carbocycles. The molecular formula is C19H30BrN3O3. The number of carboxylic acid groups (broad SMARTS) is 1. The molecule has 146 valence electrons. The average molecular weight is 428 g/mol. The van der Waals surface area contributed by atoms with Crippen molar-refractivity contribution in [3.8, 4) is 0 Å². The fourth-order valence-corrected chi connectivity index (χ4v) is 4.29. The van der Waals surface area contributed by atoms with Gasteiger partial charge in [-0.25, -0.2) is 4.68 Å². The Morgan fingerprint density at radius 2 is 2.08 bits per heavy atom. The summed E-state index contributed by atoms with van der Waals surface area (Å²) in [7, 11) is 0. The van der Waals surface area contributed by atoms with Gasteiger partial charge in [-0.3, -0.25) is 9.59 Å². The van der Waals surface area contributed by atoms with Gasteiger partial charge in [0, 0.05) is 19.0 Å². The zero-order valence-electron chi connectivity index (χ0n) is 16.3. The number of aromatic nitrogens is 2. The van der Waals surface area contributed by atoms with Gasteiger partial charge in [0.15, 0.2) is 0 Å². The van der Waals surface area contributed by atoms with E-state index in [0.29, 0.717) is 46.3 Å². The quantitative estimate of drug-likeness (QED) is 0.716. The molecule has 1 aliphatic carbocycles. The standard InChI is InChI=1S/C19H30BrN3O3/c1-11-9-14(12(2)13(3)19(11,4)5)22-15-10-21-23(18(26)17(15)20)8-6-7-16(24)25/h10-14,22H,6-9H2,1-5H3,(H,24,25)/t11-,12+,13+,14+/m0/s1. The van der Waals surface area contributed by atoms with Crippen LogP contribution in [-0.4, -0.2) is 26.9 Å². The summed E-state index contributed by atoms with van der Waals surface area (Å²) in [5, 5.41) is 16.5. The highest BCUT2D eigenvalue weighted by atomic mass is 79.9. The Bertz CT molecular complexity index is 716. The monoisotopic (exact) mass is 427 g/mol. The van der Waals surface area contributed by atoms with Crippen molar-refractivity contribution < 1.29 is 9.90 Å². The lowest BCUT2D eigenvalue weighted by Gasteiger charge is -2.50. The van der Waals surface area contributed by atoms with Crippen molar-refractivity contribution in [2.24, 2.45) is 23.2 Å². The molecule has 0 bridgehead atoms. The molecule has 26 heavy (non-hydrogen) atoms. The number of aryl methyl sites for hydroxylation is 1. The number of rotatable bonds is 6. The predicted molar refractivity (Wildman–Crippen MR) is 106 cm³/mol. The molecule has 1 aromatic rings. The summed E-state index contributed by atoms with van der Waals surface area (Å²) in [4.78, 5) is 23.1. The van der Waals surface area contributed by atoms with Crippen molar-refractivity contribution in [1.29, 1.82) is 0 Å².